The van der Waals surface area contributed by atoms with E-state index in [-0.39, 0.29) is 16.5 Å². The van der Waals surface area contributed by atoms with E-state index in [2.05, 4.69) is 9.73 Å². The van der Waals surface area contributed by atoms with Crippen LogP contribution < -0.4 is 0 Å². The third-order valence-corrected chi connectivity index (χ3v) is 7.19. The lowest BCUT2D eigenvalue weighted by atomic mass is 10.0. The molecular formula is C25H37N3O8S2. The van der Waals surface area contributed by atoms with Gasteiger partial charge in [0, 0.05) is 29.9 Å². The number of carbonyl (C=O) groups is 2. The third kappa shape index (κ3) is 11.7. The summed E-state index contributed by atoms with van der Waals surface area (Å²) in [5.74, 6) is -1.09. The molecule has 2 aromatic rings. The van der Waals surface area contributed by atoms with Crippen molar-refractivity contribution >= 4 is 52.3 Å². The van der Waals surface area contributed by atoms with E-state index in [1.165, 1.54) is 31.6 Å². The third-order valence-electron chi connectivity index (χ3n) is 4.86. The number of hydrogen-bond acceptors (Lipinski definition) is 11. The molecule has 2 N–H and O–H groups in total. The molecule has 212 valence electrons. The van der Waals surface area contributed by atoms with Gasteiger partial charge in [-0.2, -0.15) is 0 Å². The average molecular weight is 572 g/mol. The summed E-state index contributed by atoms with van der Waals surface area (Å²) in [6.45, 7) is 6.87. The van der Waals surface area contributed by atoms with Crippen LogP contribution in [0, 0.1) is 10.1 Å². The Balaban J connectivity index is 0.000000382. The number of aliphatic hydroxyl groups is 2. The Bertz CT molecular complexity index is 1120. The molecule has 38 heavy (non-hydrogen) atoms. The maximum atomic E-state index is 11.7. The van der Waals surface area contributed by atoms with Crippen LogP contribution in [0.25, 0.3) is 0 Å². The van der Waals surface area contributed by atoms with Crippen molar-refractivity contribution in [1.29, 1.82) is 0 Å². The zero-order valence-electron chi connectivity index (χ0n) is 23.1. The number of rotatable bonds is 11. The Morgan fingerprint density at radius 2 is 1.42 bits per heavy atom. The van der Waals surface area contributed by atoms with E-state index in [4.69, 9.17) is 4.74 Å². The zero-order valence-corrected chi connectivity index (χ0v) is 24.7. The van der Waals surface area contributed by atoms with E-state index in [0.29, 0.717) is 41.1 Å². The molecule has 0 aliphatic rings. The summed E-state index contributed by atoms with van der Waals surface area (Å²) in [5.41, 5.74) is -1.19. The number of aryl methyl sites for hydroxylation is 2. The van der Waals surface area contributed by atoms with Gasteiger partial charge in [-0.05, 0) is 59.4 Å². The van der Waals surface area contributed by atoms with Gasteiger partial charge in [0.15, 0.2) is 4.88 Å². The summed E-state index contributed by atoms with van der Waals surface area (Å²) < 4.78 is 9.28. The summed E-state index contributed by atoms with van der Waals surface area (Å²) >= 11 is 2.40. The largest absolute Gasteiger partial charge is 0.465 e. The molecule has 13 heteroatoms. The molecule has 0 radical (unpaired) electrons. The summed E-state index contributed by atoms with van der Waals surface area (Å²) in [6, 6.07) is 3.24. The van der Waals surface area contributed by atoms with Crippen molar-refractivity contribution in [1.82, 2.24) is 4.90 Å². The summed E-state index contributed by atoms with van der Waals surface area (Å²) in [5, 5.41) is 30.2. The van der Waals surface area contributed by atoms with Gasteiger partial charge in [0.05, 0.1) is 42.4 Å². The minimum atomic E-state index is -0.843. The van der Waals surface area contributed by atoms with Crippen molar-refractivity contribution in [3.05, 3.63) is 41.8 Å². The molecule has 0 aromatic carbocycles. The first-order valence-electron chi connectivity index (χ1n) is 11.7. The highest BCUT2D eigenvalue weighted by molar-refractivity contribution is 7.14. The van der Waals surface area contributed by atoms with Crippen LogP contribution in [-0.4, -0.2) is 77.8 Å². The lowest BCUT2D eigenvalue weighted by molar-refractivity contribution is -0.384. The first-order valence-corrected chi connectivity index (χ1v) is 13.3. The minimum absolute atomic E-state index is 0.00625. The molecule has 0 amide bonds. The van der Waals surface area contributed by atoms with Crippen molar-refractivity contribution < 1.29 is 34.2 Å². The van der Waals surface area contributed by atoms with Crippen molar-refractivity contribution in [2.45, 2.75) is 64.6 Å². The van der Waals surface area contributed by atoms with Gasteiger partial charge in [-0.1, -0.05) is 0 Å². The Labute approximate surface area is 230 Å². The van der Waals surface area contributed by atoms with Gasteiger partial charge in [0.25, 0.3) is 5.69 Å². The number of esters is 2. The molecule has 11 nitrogen and oxygen atoms in total. The van der Waals surface area contributed by atoms with Crippen LogP contribution in [0.4, 0.5) is 11.4 Å². The van der Waals surface area contributed by atoms with Crippen LogP contribution in [0.3, 0.4) is 0 Å². The van der Waals surface area contributed by atoms with Crippen molar-refractivity contribution in [2.24, 2.45) is 4.99 Å². The maximum Gasteiger partial charge on any atom is 0.355 e. The lowest BCUT2D eigenvalue weighted by Gasteiger charge is -2.15. The topological polar surface area (TPSA) is 152 Å². The van der Waals surface area contributed by atoms with E-state index >= 15 is 0 Å². The van der Waals surface area contributed by atoms with Crippen molar-refractivity contribution in [3.8, 4) is 0 Å². The molecule has 2 rings (SSSR count). The number of aliphatic imine (C=N–C) groups is 1. The van der Waals surface area contributed by atoms with E-state index in [1.54, 1.807) is 38.9 Å². The van der Waals surface area contributed by atoms with Crippen LogP contribution in [0.5, 0.6) is 0 Å². The summed E-state index contributed by atoms with van der Waals surface area (Å²) in [7, 11) is 6.27. The molecule has 2 heterocycles. The minimum Gasteiger partial charge on any atom is -0.465 e. The fourth-order valence-corrected chi connectivity index (χ4v) is 4.91. The Hall–Kier alpha value is -2.87. The molecule has 0 saturated heterocycles. The van der Waals surface area contributed by atoms with Gasteiger partial charge in [-0.3, -0.25) is 10.1 Å². The highest BCUT2D eigenvalue weighted by atomic mass is 32.1. The number of nitrogens with zero attached hydrogens (tertiary/aromatic N) is 3. The van der Waals surface area contributed by atoms with Gasteiger partial charge in [0.2, 0.25) is 0 Å². The highest BCUT2D eigenvalue weighted by Gasteiger charge is 2.26. The van der Waals surface area contributed by atoms with Gasteiger partial charge in [0.1, 0.15) is 4.88 Å². The van der Waals surface area contributed by atoms with E-state index in [9.17, 15) is 29.9 Å². The number of methoxy groups -OCH3 is 2. The summed E-state index contributed by atoms with van der Waals surface area (Å²) in [6.07, 6.45) is 3.92. The van der Waals surface area contributed by atoms with Crippen LogP contribution in [-0.2, 0) is 22.3 Å². The SMILES string of the molecule is COC(=O)c1sc(CCC(C)(C)O)cc1/N=C/N(C)C.COC(=O)c1sc(CCC(C)(C)O)cc1[N+](=O)[O-]. The van der Waals surface area contributed by atoms with Crippen LogP contribution >= 0.6 is 22.7 Å². The predicted octanol–water partition coefficient (Wildman–Crippen LogP) is 4.61. The molecule has 0 fully saturated rings. The zero-order chi connectivity index (χ0) is 29.3. The first kappa shape index (κ1) is 33.2. The number of hydrogen-bond donors (Lipinski definition) is 2. The predicted molar refractivity (Wildman–Crippen MR) is 149 cm³/mol. The molecular weight excluding hydrogens is 534 g/mol. The number of ether oxygens (including phenoxy) is 2. The molecule has 0 aliphatic heterocycles. The highest BCUT2D eigenvalue weighted by Crippen LogP contribution is 2.33. The fraction of sp³-hybridized carbons (Fsp3) is 0.560. The Morgan fingerprint density at radius 3 is 1.84 bits per heavy atom. The monoisotopic (exact) mass is 571 g/mol. The number of carbonyl (C=O) groups excluding carboxylic acids is 2. The van der Waals surface area contributed by atoms with E-state index in [1.807, 2.05) is 20.2 Å². The summed E-state index contributed by atoms with van der Waals surface area (Å²) in [4.78, 5) is 41.6. The van der Waals surface area contributed by atoms with Crippen LogP contribution in [0.2, 0.25) is 0 Å². The molecule has 0 atom stereocenters. The van der Waals surface area contributed by atoms with E-state index < -0.39 is 22.1 Å². The smallest absolute Gasteiger partial charge is 0.355 e. The Kier molecular flexibility index (Phi) is 12.5. The van der Waals surface area contributed by atoms with Crippen LogP contribution in [0.15, 0.2) is 17.1 Å². The lowest BCUT2D eigenvalue weighted by Crippen LogP contribution is -2.18. The van der Waals surface area contributed by atoms with Crippen molar-refractivity contribution in [2.75, 3.05) is 28.3 Å². The van der Waals surface area contributed by atoms with Gasteiger partial charge in [-0.25, -0.2) is 14.6 Å². The molecule has 0 bridgehead atoms. The molecule has 0 spiro atoms. The Morgan fingerprint density at radius 1 is 0.974 bits per heavy atom. The molecule has 2 aromatic heterocycles. The standard InChI is InChI=1S/C14H22N2O3S.C11H15NO5S/c1-14(2,18)7-6-10-8-11(15-9-16(3)4)12(20-10)13(17)19-5;1-11(2,14)5-4-7-6-8(12(15)16)9(18-7)10(13)17-3/h8-9,18H,6-7H2,1-5H3;6,14H,4-5H2,1-3H3/b15-9+;. The first-order chi connectivity index (χ1) is 17.5. The second kappa shape index (κ2) is 14.3. The number of nitro groups is 1. The maximum absolute atomic E-state index is 11.7. The average Bonchev–Trinajstić information content (AvgIpc) is 3.43. The molecule has 0 aliphatic carbocycles. The molecule has 0 unspecified atom stereocenters. The van der Waals surface area contributed by atoms with Crippen molar-refractivity contribution in [3.63, 3.8) is 0 Å². The molecule has 0 saturated carbocycles. The quantitative estimate of drug-likeness (QED) is 0.129. The van der Waals surface area contributed by atoms with Gasteiger partial charge in [-0.15, -0.1) is 22.7 Å². The second-order valence-corrected chi connectivity index (χ2v) is 12.2. The van der Waals surface area contributed by atoms with Crippen LogP contribution in [0.1, 0.15) is 69.6 Å². The number of thiophene rings is 2. The van der Waals surface area contributed by atoms with Gasteiger partial charge < -0.3 is 24.6 Å². The normalized spacial score (nSPS) is 11.6. The van der Waals surface area contributed by atoms with Gasteiger partial charge >= 0.3 is 11.9 Å². The second-order valence-electron chi connectivity index (χ2n) is 9.93. The fourth-order valence-electron chi connectivity index (χ4n) is 2.85. The van der Waals surface area contributed by atoms with E-state index in [0.717, 1.165) is 16.2 Å².